The van der Waals surface area contributed by atoms with Gasteiger partial charge >= 0.3 is 5.69 Å². The van der Waals surface area contributed by atoms with Crippen molar-refractivity contribution in [2.75, 3.05) is 11.9 Å². The minimum absolute atomic E-state index is 0.0657. The quantitative estimate of drug-likeness (QED) is 0.811. The van der Waals surface area contributed by atoms with Crippen LogP contribution < -0.4 is 11.0 Å². The van der Waals surface area contributed by atoms with Gasteiger partial charge in [0, 0.05) is 13.1 Å². The summed E-state index contributed by atoms with van der Waals surface area (Å²) < 4.78 is 6.97. The predicted octanol–water partition coefficient (Wildman–Crippen LogP) is 0.118. The van der Waals surface area contributed by atoms with Crippen molar-refractivity contribution in [3.8, 4) is 0 Å². The van der Waals surface area contributed by atoms with Gasteiger partial charge in [-0.25, -0.2) is 4.79 Å². The number of hydrogen-bond acceptors (Lipinski definition) is 5. The SMILES string of the molecule is CC(=O)Nc1ccn([C@H]2C[C@@H](C)[C@@H](CO)O2)c(=O)n1. The summed E-state index contributed by atoms with van der Waals surface area (Å²) >= 11 is 0. The van der Waals surface area contributed by atoms with Crippen LogP contribution in [0.15, 0.2) is 17.1 Å². The Hall–Kier alpha value is -1.73. The third-order valence-corrected chi connectivity index (χ3v) is 3.16. The van der Waals surface area contributed by atoms with Crippen LogP contribution >= 0.6 is 0 Å². The zero-order valence-corrected chi connectivity index (χ0v) is 10.9. The number of ether oxygens (including phenoxy) is 1. The van der Waals surface area contributed by atoms with Gasteiger partial charge in [-0.3, -0.25) is 9.36 Å². The van der Waals surface area contributed by atoms with Crippen LogP contribution in [0.4, 0.5) is 5.82 Å². The maximum absolute atomic E-state index is 11.9. The van der Waals surface area contributed by atoms with Crippen LogP contribution in [0, 0.1) is 5.92 Å². The number of carbonyl (C=O) groups excluding carboxylic acids is 1. The monoisotopic (exact) mass is 267 g/mol. The van der Waals surface area contributed by atoms with Gasteiger partial charge in [0.1, 0.15) is 12.0 Å². The number of aromatic nitrogens is 2. The number of aliphatic hydroxyl groups is 1. The molecule has 2 heterocycles. The molecule has 7 heteroatoms. The number of anilines is 1. The van der Waals surface area contributed by atoms with Gasteiger partial charge in [0.2, 0.25) is 5.91 Å². The molecule has 0 saturated carbocycles. The summed E-state index contributed by atoms with van der Waals surface area (Å²) in [6, 6.07) is 1.54. The molecule has 1 aromatic rings. The van der Waals surface area contributed by atoms with Crippen LogP contribution in [0.3, 0.4) is 0 Å². The lowest BCUT2D eigenvalue weighted by Crippen LogP contribution is -2.28. The van der Waals surface area contributed by atoms with Crippen LogP contribution in [0.1, 0.15) is 26.5 Å². The van der Waals surface area contributed by atoms with Crippen LogP contribution in [-0.4, -0.2) is 33.3 Å². The number of aliphatic hydroxyl groups excluding tert-OH is 1. The number of carbonyl (C=O) groups is 1. The van der Waals surface area contributed by atoms with Gasteiger partial charge in [-0.15, -0.1) is 0 Å². The lowest BCUT2D eigenvalue weighted by atomic mass is 10.0. The Kier molecular flexibility index (Phi) is 3.96. The van der Waals surface area contributed by atoms with E-state index in [1.807, 2.05) is 6.92 Å². The first-order chi connectivity index (χ1) is 9.01. The lowest BCUT2D eigenvalue weighted by Gasteiger charge is -2.14. The topological polar surface area (TPSA) is 93.5 Å². The molecule has 0 spiro atoms. The minimum atomic E-state index is -0.484. The summed E-state index contributed by atoms with van der Waals surface area (Å²) in [5, 5.41) is 11.6. The molecule has 1 saturated heterocycles. The summed E-state index contributed by atoms with van der Waals surface area (Å²) in [6.07, 6.45) is 1.51. The second-order valence-corrected chi connectivity index (χ2v) is 4.71. The van der Waals surface area contributed by atoms with Crippen molar-refractivity contribution in [2.45, 2.75) is 32.6 Å². The highest BCUT2D eigenvalue weighted by Gasteiger charge is 2.33. The van der Waals surface area contributed by atoms with Crippen molar-refractivity contribution in [3.63, 3.8) is 0 Å². The molecule has 104 valence electrons. The van der Waals surface area contributed by atoms with Gasteiger partial charge in [0.25, 0.3) is 0 Å². The summed E-state index contributed by atoms with van der Waals surface area (Å²) in [5.74, 6) is 0.117. The molecule has 2 rings (SSSR count). The largest absolute Gasteiger partial charge is 0.394 e. The number of nitrogens with one attached hydrogen (secondary N) is 1. The van der Waals surface area contributed by atoms with E-state index in [0.29, 0.717) is 6.42 Å². The van der Waals surface area contributed by atoms with Crippen molar-refractivity contribution in [1.82, 2.24) is 9.55 Å². The van der Waals surface area contributed by atoms with Gasteiger partial charge in [-0.05, 0) is 18.4 Å². The molecule has 1 fully saturated rings. The minimum Gasteiger partial charge on any atom is -0.394 e. The molecule has 1 aliphatic rings. The normalized spacial score (nSPS) is 26.4. The summed E-state index contributed by atoms with van der Waals surface area (Å²) in [6.45, 7) is 3.25. The molecule has 0 aliphatic carbocycles. The number of amides is 1. The second-order valence-electron chi connectivity index (χ2n) is 4.71. The lowest BCUT2D eigenvalue weighted by molar-refractivity contribution is -0.114. The first-order valence-corrected chi connectivity index (χ1v) is 6.14. The van der Waals surface area contributed by atoms with Gasteiger partial charge in [0.05, 0.1) is 12.7 Å². The van der Waals surface area contributed by atoms with Crippen molar-refractivity contribution in [1.29, 1.82) is 0 Å². The maximum Gasteiger partial charge on any atom is 0.351 e. The average molecular weight is 267 g/mol. The molecule has 1 amide bonds. The van der Waals surface area contributed by atoms with E-state index in [4.69, 9.17) is 9.84 Å². The zero-order valence-electron chi connectivity index (χ0n) is 10.9. The Bertz CT molecular complexity index is 528. The van der Waals surface area contributed by atoms with Crippen molar-refractivity contribution < 1.29 is 14.6 Å². The molecule has 19 heavy (non-hydrogen) atoms. The summed E-state index contributed by atoms with van der Waals surface area (Å²) in [7, 11) is 0. The smallest absolute Gasteiger partial charge is 0.351 e. The highest BCUT2D eigenvalue weighted by atomic mass is 16.5. The number of hydrogen-bond donors (Lipinski definition) is 2. The third-order valence-electron chi connectivity index (χ3n) is 3.16. The van der Waals surface area contributed by atoms with E-state index in [-0.39, 0.29) is 30.4 Å². The molecular weight excluding hydrogens is 250 g/mol. The Balaban J connectivity index is 2.18. The van der Waals surface area contributed by atoms with E-state index in [1.54, 1.807) is 6.07 Å². The van der Waals surface area contributed by atoms with Crippen molar-refractivity contribution in [3.05, 3.63) is 22.7 Å². The average Bonchev–Trinajstić information content (AvgIpc) is 2.69. The molecule has 0 bridgehead atoms. The van der Waals surface area contributed by atoms with Crippen LogP contribution in [-0.2, 0) is 9.53 Å². The molecule has 0 unspecified atom stereocenters. The molecule has 1 aromatic heterocycles. The maximum atomic E-state index is 11.9. The Morgan fingerprint density at radius 1 is 1.68 bits per heavy atom. The molecule has 3 atom stereocenters. The van der Waals surface area contributed by atoms with E-state index >= 15 is 0 Å². The van der Waals surface area contributed by atoms with Crippen molar-refractivity contribution >= 4 is 11.7 Å². The Labute approximate surface area is 110 Å². The fourth-order valence-corrected chi connectivity index (χ4v) is 2.15. The first kappa shape index (κ1) is 13.7. The number of rotatable bonds is 3. The van der Waals surface area contributed by atoms with E-state index in [9.17, 15) is 9.59 Å². The van der Waals surface area contributed by atoms with Crippen LogP contribution in [0.25, 0.3) is 0 Å². The molecule has 2 N–H and O–H groups in total. The van der Waals surface area contributed by atoms with Gasteiger partial charge in [0.15, 0.2) is 0 Å². The van der Waals surface area contributed by atoms with Gasteiger partial charge in [-0.1, -0.05) is 6.92 Å². The van der Waals surface area contributed by atoms with E-state index in [1.165, 1.54) is 17.7 Å². The highest BCUT2D eigenvalue weighted by molar-refractivity contribution is 5.87. The Morgan fingerprint density at radius 3 is 2.95 bits per heavy atom. The molecule has 0 radical (unpaired) electrons. The van der Waals surface area contributed by atoms with Crippen LogP contribution in [0.5, 0.6) is 0 Å². The van der Waals surface area contributed by atoms with Crippen molar-refractivity contribution in [2.24, 2.45) is 5.92 Å². The molecule has 7 nitrogen and oxygen atoms in total. The second kappa shape index (κ2) is 5.50. The molecule has 0 aromatic carbocycles. The number of nitrogens with zero attached hydrogens (tertiary/aromatic N) is 2. The van der Waals surface area contributed by atoms with Gasteiger partial charge < -0.3 is 15.2 Å². The standard InChI is InChI=1S/C12H17N3O4/c1-7-5-11(19-9(7)6-16)15-4-3-10(13-8(2)17)14-12(15)18/h3-4,7,9,11,16H,5-6H2,1-2H3,(H,13,14,17,18)/t7-,9-,11-/m1/s1. The fourth-order valence-electron chi connectivity index (χ4n) is 2.15. The Morgan fingerprint density at radius 2 is 2.42 bits per heavy atom. The van der Waals surface area contributed by atoms with E-state index < -0.39 is 11.9 Å². The third kappa shape index (κ3) is 2.99. The zero-order chi connectivity index (χ0) is 14.0. The first-order valence-electron chi connectivity index (χ1n) is 6.14. The summed E-state index contributed by atoms with van der Waals surface area (Å²) in [5.41, 5.74) is -0.484. The predicted molar refractivity (Wildman–Crippen MR) is 67.6 cm³/mol. The molecule has 1 aliphatic heterocycles. The van der Waals surface area contributed by atoms with E-state index in [2.05, 4.69) is 10.3 Å². The van der Waals surface area contributed by atoms with E-state index in [0.717, 1.165) is 0 Å². The van der Waals surface area contributed by atoms with Crippen LogP contribution in [0.2, 0.25) is 0 Å². The van der Waals surface area contributed by atoms with Gasteiger partial charge in [-0.2, -0.15) is 4.98 Å². The fraction of sp³-hybridized carbons (Fsp3) is 0.583. The molecular formula is C12H17N3O4. The highest BCUT2D eigenvalue weighted by Crippen LogP contribution is 2.31. The summed E-state index contributed by atoms with van der Waals surface area (Å²) in [4.78, 5) is 26.5.